The zero-order valence-electron chi connectivity index (χ0n) is 14.5. The number of piperidine rings is 1. The summed E-state index contributed by atoms with van der Waals surface area (Å²) < 4.78 is 5.33. The number of likely N-dealkylation sites (tertiary alicyclic amines) is 1. The van der Waals surface area contributed by atoms with Crippen molar-refractivity contribution in [2.75, 3.05) is 6.54 Å². The Hall–Kier alpha value is -1.92. The van der Waals surface area contributed by atoms with E-state index in [0.717, 1.165) is 24.9 Å². The lowest BCUT2D eigenvalue weighted by atomic mass is 10.0. The summed E-state index contributed by atoms with van der Waals surface area (Å²) in [6.07, 6.45) is 2.62. The highest BCUT2D eigenvalue weighted by Gasteiger charge is 2.29. The average molecular weight is 366 g/mol. The molecule has 0 spiro atoms. The molecule has 1 fully saturated rings. The van der Waals surface area contributed by atoms with Gasteiger partial charge in [0, 0.05) is 5.56 Å². The molecule has 25 heavy (non-hydrogen) atoms. The van der Waals surface area contributed by atoms with Crippen LogP contribution in [0.4, 0.5) is 0 Å². The highest BCUT2D eigenvalue weighted by molar-refractivity contribution is 5.85. The monoisotopic (exact) mass is 365 g/mol. The van der Waals surface area contributed by atoms with Crippen LogP contribution in [0.5, 0.6) is 0 Å². The SMILES string of the molecule is CC(C)c1ccc(-c2noc(CN3CCCCC3C(=O)O)n2)cc1.Cl. The van der Waals surface area contributed by atoms with Crippen molar-refractivity contribution in [1.29, 1.82) is 0 Å². The molecule has 3 rings (SSSR count). The van der Waals surface area contributed by atoms with Crippen molar-refractivity contribution in [2.24, 2.45) is 0 Å². The minimum Gasteiger partial charge on any atom is -0.480 e. The number of rotatable bonds is 5. The van der Waals surface area contributed by atoms with E-state index in [1.165, 1.54) is 5.56 Å². The normalized spacial score (nSPS) is 18.1. The molecule has 6 nitrogen and oxygen atoms in total. The van der Waals surface area contributed by atoms with Crippen molar-refractivity contribution >= 4 is 18.4 Å². The second kappa shape index (κ2) is 8.45. The fourth-order valence-corrected chi connectivity index (χ4v) is 3.09. The van der Waals surface area contributed by atoms with Crippen LogP contribution in [-0.2, 0) is 11.3 Å². The highest BCUT2D eigenvalue weighted by atomic mass is 35.5. The van der Waals surface area contributed by atoms with Gasteiger partial charge in [0.05, 0.1) is 6.54 Å². The van der Waals surface area contributed by atoms with Crippen LogP contribution in [0, 0.1) is 0 Å². The van der Waals surface area contributed by atoms with Crippen LogP contribution in [0.3, 0.4) is 0 Å². The summed E-state index contributed by atoms with van der Waals surface area (Å²) in [4.78, 5) is 17.7. The minimum absolute atomic E-state index is 0. The third kappa shape index (κ3) is 4.58. The molecule has 1 aromatic carbocycles. The van der Waals surface area contributed by atoms with E-state index in [9.17, 15) is 9.90 Å². The number of carbonyl (C=O) groups is 1. The molecule has 1 aromatic heterocycles. The van der Waals surface area contributed by atoms with Crippen molar-refractivity contribution in [3.63, 3.8) is 0 Å². The van der Waals surface area contributed by atoms with Crippen LogP contribution >= 0.6 is 12.4 Å². The molecule has 1 N–H and O–H groups in total. The first-order valence-electron chi connectivity index (χ1n) is 8.44. The maximum absolute atomic E-state index is 11.4. The summed E-state index contributed by atoms with van der Waals surface area (Å²) in [6.45, 7) is 5.43. The van der Waals surface area contributed by atoms with Gasteiger partial charge in [0.2, 0.25) is 11.7 Å². The molecule has 1 saturated heterocycles. The largest absolute Gasteiger partial charge is 0.480 e. The topological polar surface area (TPSA) is 79.5 Å². The van der Waals surface area contributed by atoms with Gasteiger partial charge in [-0.05, 0) is 30.9 Å². The van der Waals surface area contributed by atoms with Crippen molar-refractivity contribution in [3.8, 4) is 11.4 Å². The number of carboxylic acid groups (broad SMARTS) is 1. The number of benzene rings is 1. The Bertz CT molecular complexity index is 700. The van der Waals surface area contributed by atoms with Crippen LogP contribution in [0.15, 0.2) is 28.8 Å². The minimum atomic E-state index is -0.779. The molecular weight excluding hydrogens is 342 g/mol. The van der Waals surface area contributed by atoms with Gasteiger partial charge in [-0.2, -0.15) is 4.98 Å². The molecule has 136 valence electrons. The fourth-order valence-electron chi connectivity index (χ4n) is 3.09. The Morgan fingerprint density at radius 3 is 2.68 bits per heavy atom. The van der Waals surface area contributed by atoms with Crippen LogP contribution in [0.25, 0.3) is 11.4 Å². The van der Waals surface area contributed by atoms with Gasteiger partial charge in [0.15, 0.2) is 0 Å². The maximum atomic E-state index is 11.4. The van der Waals surface area contributed by atoms with E-state index in [-0.39, 0.29) is 12.4 Å². The first-order valence-corrected chi connectivity index (χ1v) is 8.44. The molecule has 2 aromatic rings. The van der Waals surface area contributed by atoms with Gasteiger partial charge in [-0.1, -0.05) is 49.7 Å². The Kier molecular flexibility index (Phi) is 6.56. The highest BCUT2D eigenvalue weighted by Crippen LogP contribution is 2.23. The zero-order chi connectivity index (χ0) is 17.1. The van der Waals surface area contributed by atoms with Crippen molar-refractivity contribution in [3.05, 3.63) is 35.7 Å². The molecule has 1 aliphatic heterocycles. The first kappa shape index (κ1) is 19.4. The Balaban J connectivity index is 0.00000225. The quantitative estimate of drug-likeness (QED) is 0.869. The molecule has 1 aliphatic rings. The standard InChI is InChI=1S/C18H23N3O3.ClH/c1-12(2)13-6-8-14(9-7-13)17-19-16(24-20-17)11-21-10-4-3-5-15(21)18(22)23;/h6-9,12,15H,3-5,10-11H2,1-2H3,(H,22,23);1H. The van der Waals surface area contributed by atoms with E-state index < -0.39 is 12.0 Å². The summed E-state index contributed by atoms with van der Waals surface area (Å²) >= 11 is 0. The molecule has 7 heteroatoms. The molecule has 0 amide bonds. The number of hydrogen-bond donors (Lipinski definition) is 1. The van der Waals surface area contributed by atoms with Crippen molar-refractivity contribution in [1.82, 2.24) is 15.0 Å². The summed E-state index contributed by atoms with van der Waals surface area (Å²) in [5, 5.41) is 13.4. The summed E-state index contributed by atoms with van der Waals surface area (Å²) in [6, 6.07) is 7.66. The fraction of sp³-hybridized carbons (Fsp3) is 0.500. The lowest BCUT2D eigenvalue weighted by molar-refractivity contribution is -0.145. The second-order valence-corrected chi connectivity index (χ2v) is 6.61. The van der Waals surface area contributed by atoms with Gasteiger partial charge in [0.1, 0.15) is 6.04 Å². The van der Waals surface area contributed by atoms with Crippen LogP contribution < -0.4 is 0 Å². The van der Waals surface area contributed by atoms with E-state index in [2.05, 4.69) is 36.1 Å². The Labute approximate surface area is 153 Å². The predicted molar refractivity (Wildman–Crippen MR) is 96.8 cm³/mol. The van der Waals surface area contributed by atoms with Gasteiger partial charge >= 0.3 is 5.97 Å². The average Bonchev–Trinajstić information content (AvgIpc) is 3.04. The molecule has 0 bridgehead atoms. The smallest absolute Gasteiger partial charge is 0.320 e. The van der Waals surface area contributed by atoms with Crippen LogP contribution in [0.2, 0.25) is 0 Å². The summed E-state index contributed by atoms with van der Waals surface area (Å²) in [5.41, 5.74) is 2.17. The van der Waals surface area contributed by atoms with Gasteiger partial charge < -0.3 is 9.63 Å². The van der Waals surface area contributed by atoms with E-state index in [1.54, 1.807) is 0 Å². The lowest BCUT2D eigenvalue weighted by Crippen LogP contribution is -2.44. The summed E-state index contributed by atoms with van der Waals surface area (Å²) in [7, 11) is 0. The number of aromatic nitrogens is 2. The number of carboxylic acids is 1. The summed E-state index contributed by atoms with van der Waals surface area (Å²) in [5.74, 6) is 0.709. The van der Waals surface area contributed by atoms with Gasteiger partial charge in [-0.25, -0.2) is 0 Å². The third-order valence-corrected chi connectivity index (χ3v) is 4.54. The zero-order valence-corrected chi connectivity index (χ0v) is 15.3. The number of hydrogen-bond acceptors (Lipinski definition) is 5. The second-order valence-electron chi connectivity index (χ2n) is 6.61. The van der Waals surface area contributed by atoms with Crippen LogP contribution in [-0.4, -0.2) is 38.7 Å². The van der Waals surface area contributed by atoms with Gasteiger partial charge in [-0.3, -0.25) is 9.69 Å². The molecule has 0 radical (unpaired) electrons. The molecule has 0 aliphatic carbocycles. The molecule has 0 saturated carbocycles. The number of nitrogens with zero attached hydrogens (tertiary/aromatic N) is 3. The molecule has 1 unspecified atom stereocenters. The molecule has 2 heterocycles. The third-order valence-electron chi connectivity index (χ3n) is 4.54. The predicted octanol–water partition coefficient (Wildman–Crippen LogP) is 3.72. The number of aliphatic carboxylic acids is 1. The Morgan fingerprint density at radius 2 is 2.04 bits per heavy atom. The van der Waals surface area contributed by atoms with Crippen molar-refractivity contribution in [2.45, 2.75) is 51.6 Å². The van der Waals surface area contributed by atoms with E-state index in [0.29, 0.717) is 30.6 Å². The maximum Gasteiger partial charge on any atom is 0.320 e. The van der Waals surface area contributed by atoms with Crippen LogP contribution in [0.1, 0.15) is 50.5 Å². The Morgan fingerprint density at radius 1 is 1.32 bits per heavy atom. The molecular formula is C18H24ClN3O3. The van der Waals surface area contributed by atoms with E-state index in [4.69, 9.17) is 4.52 Å². The lowest BCUT2D eigenvalue weighted by Gasteiger charge is -2.31. The van der Waals surface area contributed by atoms with Gasteiger partial charge in [0.25, 0.3) is 0 Å². The van der Waals surface area contributed by atoms with Crippen molar-refractivity contribution < 1.29 is 14.4 Å². The number of halogens is 1. The van der Waals surface area contributed by atoms with E-state index >= 15 is 0 Å². The first-order chi connectivity index (χ1) is 11.5. The van der Waals surface area contributed by atoms with Gasteiger partial charge in [-0.15, -0.1) is 12.4 Å². The van der Waals surface area contributed by atoms with E-state index in [1.807, 2.05) is 17.0 Å². The molecule has 1 atom stereocenters.